The Balaban J connectivity index is 1.45. The molecule has 1 aromatic carbocycles. The molecule has 1 atom stereocenters. The summed E-state index contributed by atoms with van der Waals surface area (Å²) < 4.78 is 0. The van der Waals surface area contributed by atoms with E-state index in [1.54, 1.807) is 4.90 Å². The molecule has 2 aliphatic rings. The zero-order chi connectivity index (χ0) is 17.2. The zero-order valence-corrected chi connectivity index (χ0v) is 14.2. The van der Waals surface area contributed by atoms with E-state index >= 15 is 0 Å². The summed E-state index contributed by atoms with van der Waals surface area (Å²) in [7, 11) is 0. The molecule has 2 N–H and O–H groups in total. The summed E-state index contributed by atoms with van der Waals surface area (Å²) in [6, 6.07) is 10.4. The molecule has 2 amide bonds. The van der Waals surface area contributed by atoms with Gasteiger partial charge >= 0.3 is 0 Å². The molecule has 0 bridgehead atoms. The maximum Gasteiger partial charge on any atom is 0.253 e. The van der Waals surface area contributed by atoms with Crippen LogP contribution in [0.1, 0.15) is 44.1 Å². The fourth-order valence-corrected chi connectivity index (χ4v) is 3.79. The molecule has 1 aliphatic heterocycles. The SMILES string of the molecule is CC(=O)N1CCC[C@@](O)(C(=O)NCC2CC(c3ccccc3)C2)C1. The number of hydrogen-bond acceptors (Lipinski definition) is 3. The molecule has 1 aromatic rings. The Morgan fingerprint density at radius 2 is 2.00 bits per heavy atom. The maximum atomic E-state index is 12.4. The first-order valence-corrected chi connectivity index (χ1v) is 8.79. The van der Waals surface area contributed by atoms with Crippen LogP contribution in [0.4, 0.5) is 0 Å². The summed E-state index contributed by atoms with van der Waals surface area (Å²) >= 11 is 0. The number of β-amino-alcohol motifs (C(OH)–C–C–N with tert-alkyl or cyclic N) is 1. The Hall–Kier alpha value is -1.88. The van der Waals surface area contributed by atoms with Gasteiger partial charge in [0.25, 0.3) is 5.91 Å². The van der Waals surface area contributed by atoms with Gasteiger partial charge in [0, 0.05) is 20.0 Å². The molecule has 1 heterocycles. The van der Waals surface area contributed by atoms with Crippen molar-refractivity contribution in [2.24, 2.45) is 5.92 Å². The number of likely N-dealkylation sites (tertiary alicyclic amines) is 1. The van der Waals surface area contributed by atoms with Crippen LogP contribution in [-0.2, 0) is 9.59 Å². The molecule has 1 saturated heterocycles. The zero-order valence-electron chi connectivity index (χ0n) is 14.2. The molecule has 5 nitrogen and oxygen atoms in total. The van der Waals surface area contributed by atoms with Crippen LogP contribution >= 0.6 is 0 Å². The van der Waals surface area contributed by atoms with Gasteiger partial charge in [-0.1, -0.05) is 30.3 Å². The van der Waals surface area contributed by atoms with Crippen molar-refractivity contribution in [3.8, 4) is 0 Å². The monoisotopic (exact) mass is 330 g/mol. The minimum atomic E-state index is -1.44. The van der Waals surface area contributed by atoms with Crippen molar-refractivity contribution >= 4 is 11.8 Å². The van der Waals surface area contributed by atoms with Gasteiger partial charge in [-0.3, -0.25) is 9.59 Å². The topological polar surface area (TPSA) is 69.6 Å². The van der Waals surface area contributed by atoms with E-state index in [0.29, 0.717) is 37.8 Å². The van der Waals surface area contributed by atoms with Gasteiger partial charge < -0.3 is 15.3 Å². The summed E-state index contributed by atoms with van der Waals surface area (Å²) in [4.78, 5) is 25.4. The van der Waals surface area contributed by atoms with E-state index in [2.05, 4.69) is 29.6 Å². The summed E-state index contributed by atoms with van der Waals surface area (Å²) in [6.45, 7) is 2.80. The van der Waals surface area contributed by atoms with Gasteiger partial charge in [-0.25, -0.2) is 0 Å². The van der Waals surface area contributed by atoms with Gasteiger partial charge in [-0.2, -0.15) is 0 Å². The molecule has 1 saturated carbocycles. The lowest BCUT2D eigenvalue weighted by Gasteiger charge is -2.39. The Morgan fingerprint density at radius 1 is 1.29 bits per heavy atom. The van der Waals surface area contributed by atoms with Crippen molar-refractivity contribution in [3.05, 3.63) is 35.9 Å². The van der Waals surface area contributed by atoms with E-state index in [0.717, 1.165) is 12.8 Å². The molecular weight excluding hydrogens is 304 g/mol. The molecule has 0 aromatic heterocycles. The first-order chi connectivity index (χ1) is 11.5. The van der Waals surface area contributed by atoms with E-state index in [1.165, 1.54) is 12.5 Å². The van der Waals surface area contributed by atoms with Crippen LogP contribution in [0, 0.1) is 5.92 Å². The van der Waals surface area contributed by atoms with Crippen LogP contribution < -0.4 is 5.32 Å². The van der Waals surface area contributed by atoms with Crippen molar-refractivity contribution in [1.29, 1.82) is 0 Å². The molecule has 3 rings (SSSR count). The van der Waals surface area contributed by atoms with E-state index in [1.807, 2.05) is 6.07 Å². The quantitative estimate of drug-likeness (QED) is 0.882. The second kappa shape index (κ2) is 6.93. The number of carbonyl (C=O) groups excluding carboxylic acids is 2. The Labute approximate surface area is 143 Å². The lowest BCUT2D eigenvalue weighted by Crippen LogP contribution is -2.58. The second-order valence-electron chi connectivity index (χ2n) is 7.23. The number of hydrogen-bond donors (Lipinski definition) is 2. The Bertz CT molecular complexity index is 598. The molecule has 2 fully saturated rings. The number of nitrogens with one attached hydrogen (secondary N) is 1. The molecule has 1 aliphatic carbocycles. The Morgan fingerprint density at radius 3 is 2.67 bits per heavy atom. The minimum absolute atomic E-state index is 0.0920. The van der Waals surface area contributed by atoms with Gasteiger partial charge in [-0.05, 0) is 43.1 Å². The van der Waals surface area contributed by atoms with Crippen molar-refractivity contribution in [2.45, 2.75) is 44.1 Å². The molecule has 0 unspecified atom stereocenters. The normalized spacial score (nSPS) is 29.7. The number of benzene rings is 1. The fraction of sp³-hybridized carbons (Fsp3) is 0.579. The highest BCUT2D eigenvalue weighted by molar-refractivity contribution is 5.86. The third kappa shape index (κ3) is 3.61. The number of amides is 2. The average Bonchev–Trinajstić information content (AvgIpc) is 2.54. The van der Waals surface area contributed by atoms with Crippen molar-refractivity contribution < 1.29 is 14.7 Å². The van der Waals surface area contributed by atoms with E-state index in [4.69, 9.17) is 0 Å². The molecule has 5 heteroatoms. The highest BCUT2D eigenvalue weighted by Gasteiger charge is 2.41. The predicted molar refractivity (Wildman–Crippen MR) is 91.4 cm³/mol. The third-order valence-electron chi connectivity index (χ3n) is 5.40. The van der Waals surface area contributed by atoms with Crippen molar-refractivity contribution in [1.82, 2.24) is 10.2 Å². The fourth-order valence-electron chi connectivity index (χ4n) is 3.79. The summed E-state index contributed by atoms with van der Waals surface area (Å²) in [5.74, 6) is 0.622. The number of piperidine rings is 1. The molecule has 24 heavy (non-hydrogen) atoms. The van der Waals surface area contributed by atoms with E-state index < -0.39 is 5.60 Å². The predicted octanol–water partition coefficient (Wildman–Crippen LogP) is 1.67. The first-order valence-electron chi connectivity index (χ1n) is 8.79. The highest BCUT2D eigenvalue weighted by Crippen LogP contribution is 2.41. The maximum absolute atomic E-state index is 12.4. The second-order valence-corrected chi connectivity index (χ2v) is 7.23. The van der Waals surface area contributed by atoms with Crippen LogP contribution in [0.2, 0.25) is 0 Å². The average molecular weight is 330 g/mol. The van der Waals surface area contributed by atoms with Crippen molar-refractivity contribution in [3.63, 3.8) is 0 Å². The highest BCUT2D eigenvalue weighted by atomic mass is 16.3. The van der Waals surface area contributed by atoms with Crippen LogP contribution in [0.25, 0.3) is 0 Å². The van der Waals surface area contributed by atoms with E-state index in [9.17, 15) is 14.7 Å². The lowest BCUT2D eigenvalue weighted by atomic mass is 9.71. The van der Waals surface area contributed by atoms with Crippen LogP contribution in [0.15, 0.2) is 30.3 Å². The van der Waals surface area contributed by atoms with Gasteiger partial charge in [0.15, 0.2) is 5.60 Å². The lowest BCUT2D eigenvalue weighted by molar-refractivity contribution is -0.150. The smallest absolute Gasteiger partial charge is 0.253 e. The summed E-state index contributed by atoms with van der Waals surface area (Å²) in [5, 5.41) is 13.5. The molecule has 0 radical (unpaired) electrons. The van der Waals surface area contributed by atoms with Gasteiger partial charge in [0.05, 0.1) is 6.54 Å². The largest absolute Gasteiger partial charge is 0.378 e. The number of nitrogens with zero attached hydrogens (tertiary/aromatic N) is 1. The van der Waals surface area contributed by atoms with Gasteiger partial charge in [0.1, 0.15) is 0 Å². The Kier molecular flexibility index (Phi) is 4.90. The minimum Gasteiger partial charge on any atom is -0.378 e. The number of aliphatic hydroxyl groups is 1. The molecule has 0 spiro atoms. The first kappa shape index (κ1) is 17.0. The number of rotatable bonds is 4. The molecular formula is C19H26N2O3. The van der Waals surface area contributed by atoms with Crippen LogP contribution in [0.3, 0.4) is 0 Å². The number of carbonyl (C=O) groups is 2. The molecule has 130 valence electrons. The van der Waals surface area contributed by atoms with Crippen LogP contribution in [0.5, 0.6) is 0 Å². The summed E-state index contributed by atoms with van der Waals surface area (Å²) in [6.07, 6.45) is 3.22. The van der Waals surface area contributed by atoms with Gasteiger partial charge in [-0.15, -0.1) is 0 Å². The van der Waals surface area contributed by atoms with E-state index in [-0.39, 0.29) is 18.4 Å². The standard InChI is InChI=1S/C19H26N2O3/c1-14(22)21-9-5-8-19(24,13-21)18(23)20-12-15-10-17(11-15)16-6-3-2-4-7-16/h2-4,6-7,15,17,24H,5,8-13H2,1H3,(H,20,23)/t15?,17?,19-/m0/s1. The van der Waals surface area contributed by atoms with Crippen molar-refractivity contribution in [2.75, 3.05) is 19.6 Å². The third-order valence-corrected chi connectivity index (χ3v) is 5.40. The van der Waals surface area contributed by atoms with Crippen LogP contribution in [-0.4, -0.2) is 47.1 Å². The van der Waals surface area contributed by atoms with Gasteiger partial charge in [0.2, 0.25) is 5.91 Å². The summed E-state index contributed by atoms with van der Waals surface area (Å²) in [5.41, 5.74) is -0.0740.